The predicted octanol–water partition coefficient (Wildman–Crippen LogP) is 7.54. The first kappa shape index (κ1) is 29.4. The van der Waals surface area contributed by atoms with E-state index < -0.39 is 0 Å². The summed E-state index contributed by atoms with van der Waals surface area (Å²) < 4.78 is 6.24. The van der Waals surface area contributed by atoms with Gasteiger partial charge >= 0.3 is 0 Å². The second kappa shape index (κ2) is 13.3. The number of ether oxygens (including phenoxy) is 1. The van der Waals surface area contributed by atoms with Crippen molar-refractivity contribution >= 4 is 34.9 Å². The number of rotatable bonds is 9. The van der Waals surface area contributed by atoms with Gasteiger partial charge in [-0.15, -0.1) is 12.4 Å². The molecule has 4 aromatic carbocycles. The van der Waals surface area contributed by atoms with Gasteiger partial charge in [0.25, 0.3) is 0 Å². The summed E-state index contributed by atoms with van der Waals surface area (Å²) in [5.41, 5.74) is 8.00. The molecule has 0 saturated heterocycles. The molecular formula is C36H38ClN3O2. The molecule has 0 radical (unpaired) electrons. The molecule has 6 rings (SSSR count). The third-order valence-corrected chi connectivity index (χ3v) is 7.97. The van der Waals surface area contributed by atoms with E-state index in [0.29, 0.717) is 25.4 Å². The zero-order chi connectivity index (χ0) is 28.2. The van der Waals surface area contributed by atoms with Crippen molar-refractivity contribution in [3.8, 4) is 16.9 Å². The van der Waals surface area contributed by atoms with Crippen molar-refractivity contribution < 1.29 is 9.53 Å². The number of para-hydroxylation sites is 1. The maximum atomic E-state index is 13.7. The van der Waals surface area contributed by atoms with Crippen molar-refractivity contribution in [2.75, 3.05) is 32.1 Å². The Morgan fingerprint density at radius 1 is 0.929 bits per heavy atom. The molecule has 2 heterocycles. The van der Waals surface area contributed by atoms with Gasteiger partial charge in [0.1, 0.15) is 12.4 Å². The summed E-state index contributed by atoms with van der Waals surface area (Å²) >= 11 is 0. The minimum atomic E-state index is 0. The number of benzene rings is 4. The number of fused-ring (bicyclic) bond motifs is 2. The van der Waals surface area contributed by atoms with Crippen LogP contribution in [0, 0.1) is 5.92 Å². The summed E-state index contributed by atoms with van der Waals surface area (Å²) in [6.45, 7) is 2.15. The van der Waals surface area contributed by atoms with Gasteiger partial charge in [-0.2, -0.15) is 0 Å². The fourth-order valence-electron chi connectivity index (χ4n) is 5.97. The van der Waals surface area contributed by atoms with E-state index in [2.05, 4.69) is 96.8 Å². The molecule has 0 aliphatic carbocycles. The van der Waals surface area contributed by atoms with Crippen LogP contribution in [-0.2, 0) is 24.2 Å². The monoisotopic (exact) mass is 579 g/mol. The molecule has 1 aromatic heterocycles. The molecule has 1 aliphatic heterocycles. The van der Waals surface area contributed by atoms with Gasteiger partial charge in [0.15, 0.2) is 0 Å². The van der Waals surface area contributed by atoms with Crippen LogP contribution in [0.25, 0.3) is 22.0 Å². The second-order valence-corrected chi connectivity index (χ2v) is 11.3. The molecule has 1 unspecified atom stereocenters. The number of nitrogens with zero attached hydrogens (tertiary/aromatic N) is 2. The van der Waals surface area contributed by atoms with Gasteiger partial charge in [0, 0.05) is 42.7 Å². The number of aryl methyl sites for hydroxylation is 1. The number of hydrogen-bond donors (Lipinski definition) is 1. The largest absolute Gasteiger partial charge is 0.489 e. The minimum absolute atomic E-state index is 0. The van der Waals surface area contributed by atoms with E-state index in [1.54, 1.807) is 0 Å². The first-order valence-electron chi connectivity index (χ1n) is 14.4. The van der Waals surface area contributed by atoms with Crippen LogP contribution in [0.3, 0.4) is 0 Å². The Hall–Kier alpha value is -4.06. The topological polar surface area (TPSA) is 48.6 Å². The first-order valence-corrected chi connectivity index (χ1v) is 14.4. The lowest BCUT2D eigenvalue weighted by Gasteiger charge is -2.36. The molecule has 1 N–H and O–H groups in total. The van der Waals surface area contributed by atoms with Crippen molar-refractivity contribution in [1.82, 2.24) is 9.88 Å². The molecule has 1 aliphatic rings. The van der Waals surface area contributed by atoms with E-state index in [4.69, 9.17) is 4.74 Å². The van der Waals surface area contributed by atoms with Gasteiger partial charge in [0.05, 0.1) is 5.69 Å². The molecule has 0 bridgehead atoms. The summed E-state index contributed by atoms with van der Waals surface area (Å²) in [5.74, 6) is 1.34. The number of carbonyl (C=O) groups excluding carboxylic acids is 1. The van der Waals surface area contributed by atoms with Crippen molar-refractivity contribution in [3.05, 3.63) is 120 Å². The Morgan fingerprint density at radius 3 is 2.45 bits per heavy atom. The van der Waals surface area contributed by atoms with Crippen LogP contribution in [0.1, 0.15) is 23.1 Å². The maximum Gasteiger partial charge on any atom is 0.227 e. The van der Waals surface area contributed by atoms with Gasteiger partial charge in [-0.25, -0.2) is 0 Å². The lowest BCUT2D eigenvalue weighted by molar-refractivity contribution is -0.118. The Bertz CT molecular complexity index is 1630. The maximum absolute atomic E-state index is 13.7. The van der Waals surface area contributed by atoms with Gasteiger partial charge < -0.3 is 19.5 Å². The summed E-state index contributed by atoms with van der Waals surface area (Å²) in [5, 5.41) is 1.19. The summed E-state index contributed by atoms with van der Waals surface area (Å²) in [7, 11) is 4.20. The highest BCUT2D eigenvalue weighted by molar-refractivity contribution is 5.95. The third kappa shape index (κ3) is 6.70. The van der Waals surface area contributed by atoms with Crippen molar-refractivity contribution in [2.45, 2.75) is 25.9 Å². The second-order valence-electron chi connectivity index (χ2n) is 11.3. The van der Waals surface area contributed by atoms with E-state index in [9.17, 15) is 4.79 Å². The number of anilines is 1. The van der Waals surface area contributed by atoms with Crippen LogP contribution in [0.2, 0.25) is 0 Å². The van der Waals surface area contributed by atoms with E-state index in [1.807, 2.05) is 35.4 Å². The predicted molar refractivity (Wildman–Crippen MR) is 175 cm³/mol. The third-order valence-electron chi connectivity index (χ3n) is 7.97. The Balaban J connectivity index is 0.00000353. The van der Waals surface area contributed by atoms with Crippen molar-refractivity contribution in [2.24, 2.45) is 5.92 Å². The highest BCUT2D eigenvalue weighted by Crippen LogP contribution is 2.34. The minimum Gasteiger partial charge on any atom is -0.489 e. The van der Waals surface area contributed by atoms with Gasteiger partial charge in [-0.05, 0) is 72.8 Å². The summed E-state index contributed by atoms with van der Waals surface area (Å²) in [4.78, 5) is 21.3. The number of aromatic amines is 1. The smallest absolute Gasteiger partial charge is 0.227 e. The van der Waals surface area contributed by atoms with Crippen LogP contribution in [0.15, 0.2) is 103 Å². The van der Waals surface area contributed by atoms with Gasteiger partial charge in [0.2, 0.25) is 5.91 Å². The molecular weight excluding hydrogens is 542 g/mol. The van der Waals surface area contributed by atoms with Gasteiger partial charge in [-0.1, -0.05) is 78.9 Å². The Labute approximate surface area is 254 Å². The Morgan fingerprint density at radius 2 is 1.67 bits per heavy atom. The molecule has 1 amide bonds. The summed E-state index contributed by atoms with van der Waals surface area (Å²) in [6, 6.07) is 33.4. The van der Waals surface area contributed by atoms with E-state index in [-0.39, 0.29) is 18.3 Å². The van der Waals surface area contributed by atoms with E-state index >= 15 is 0 Å². The van der Waals surface area contributed by atoms with Crippen molar-refractivity contribution in [1.29, 1.82) is 0 Å². The number of hydrogen-bond acceptors (Lipinski definition) is 3. The van der Waals surface area contributed by atoms with Crippen LogP contribution in [-0.4, -0.2) is 43.0 Å². The quantitative estimate of drug-likeness (QED) is 0.196. The zero-order valence-corrected chi connectivity index (χ0v) is 25.1. The van der Waals surface area contributed by atoms with Gasteiger partial charge in [-0.3, -0.25) is 4.79 Å². The SMILES string of the molecule is CN(C)CC1Cc2ccc(OCc3ccc(-c4ccccc4)cc3)cc2N(C(=O)CCc2c[nH]c3ccccc23)C1.Cl. The molecule has 5 aromatic rings. The lowest BCUT2D eigenvalue weighted by Crippen LogP contribution is -2.43. The Kier molecular flexibility index (Phi) is 9.31. The number of carbonyl (C=O) groups is 1. The van der Waals surface area contributed by atoms with E-state index in [0.717, 1.165) is 42.0 Å². The molecule has 5 nitrogen and oxygen atoms in total. The number of nitrogens with one attached hydrogen (secondary N) is 1. The number of H-pyrrole nitrogens is 1. The molecule has 216 valence electrons. The number of halogens is 1. The average Bonchev–Trinajstić information content (AvgIpc) is 3.42. The fourth-order valence-corrected chi connectivity index (χ4v) is 5.97. The molecule has 42 heavy (non-hydrogen) atoms. The standard InChI is InChI=1S/C36H37N3O2.ClH/c1-38(2)23-27-20-30-16-18-32(41-25-26-12-14-29(15-13-26)28-8-4-3-5-9-28)21-35(30)39(24-27)36(40)19-17-31-22-37-34-11-7-6-10-33(31)34;/h3-16,18,21-22,27,37H,17,19-20,23-25H2,1-2H3;1H. The highest BCUT2D eigenvalue weighted by Gasteiger charge is 2.29. The zero-order valence-electron chi connectivity index (χ0n) is 24.3. The molecule has 0 fully saturated rings. The van der Waals surface area contributed by atoms with Crippen LogP contribution >= 0.6 is 12.4 Å². The van der Waals surface area contributed by atoms with E-state index in [1.165, 1.54) is 27.6 Å². The molecule has 1 atom stereocenters. The number of aromatic nitrogens is 1. The van der Waals surface area contributed by atoms with Crippen LogP contribution < -0.4 is 9.64 Å². The molecule has 6 heteroatoms. The van der Waals surface area contributed by atoms with Crippen molar-refractivity contribution in [3.63, 3.8) is 0 Å². The van der Waals surface area contributed by atoms with Crippen LogP contribution in [0.5, 0.6) is 5.75 Å². The number of amides is 1. The first-order chi connectivity index (χ1) is 20.0. The van der Waals surface area contributed by atoms with Crippen LogP contribution in [0.4, 0.5) is 5.69 Å². The highest BCUT2D eigenvalue weighted by atomic mass is 35.5. The molecule has 0 spiro atoms. The molecule has 0 saturated carbocycles. The lowest BCUT2D eigenvalue weighted by atomic mass is 9.91. The fraction of sp³-hybridized carbons (Fsp3) is 0.250. The average molecular weight is 580 g/mol. The normalized spacial score (nSPS) is 14.5. The summed E-state index contributed by atoms with van der Waals surface area (Å²) in [6.07, 6.45) is 4.17.